The molecule has 1 aromatic rings. The zero-order valence-corrected chi connectivity index (χ0v) is 20.5. The van der Waals surface area contributed by atoms with Gasteiger partial charge in [-0.15, -0.1) is 35.3 Å². The summed E-state index contributed by atoms with van der Waals surface area (Å²) in [6.45, 7) is 5.75. The molecule has 2 heterocycles. The minimum Gasteiger partial charge on any atom is -0.355 e. The molecule has 1 N–H and O–H groups in total. The van der Waals surface area contributed by atoms with Crippen LogP contribution in [-0.4, -0.2) is 80.4 Å². The average molecular weight is 519 g/mol. The van der Waals surface area contributed by atoms with Crippen molar-refractivity contribution in [3.63, 3.8) is 0 Å². The fourth-order valence-electron chi connectivity index (χ4n) is 4.31. The molecule has 1 saturated carbocycles. The zero-order chi connectivity index (χ0) is 19.3. The molecule has 1 aromatic heterocycles. The second-order valence-corrected chi connectivity index (χ2v) is 8.96. The Morgan fingerprint density at radius 2 is 1.93 bits per heavy atom. The van der Waals surface area contributed by atoms with E-state index in [0.29, 0.717) is 6.54 Å². The van der Waals surface area contributed by atoms with Gasteiger partial charge in [0, 0.05) is 65.3 Å². The van der Waals surface area contributed by atoms with Crippen LogP contribution in [0, 0.1) is 5.41 Å². The number of hydrogen-bond donors (Lipinski definition) is 1. The summed E-state index contributed by atoms with van der Waals surface area (Å²) >= 11 is 1.83. The van der Waals surface area contributed by atoms with Gasteiger partial charge in [0.15, 0.2) is 5.96 Å². The molecule has 0 aromatic carbocycles. The Labute approximate surface area is 190 Å². The summed E-state index contributed by atoms with van der Waals surface area (Å²) in [6.07, 6.45) is 4.23. The van der Waals surface area contributed by atoms with Crippen molar-refractivity contribution < 1.29 is 4.79 Å². The van der Waals surface area contributed by atoms with Crippen LogP contribution in [-0.2, 0) is 11.3 Å². The smallest absolute Gasteiger partial charge is 0.230 e. The third kappa shape index (κ3) is 5.60. The van der Waals surface area contributed by atoms with Gasteiger partial charge < -0.3 is 15.1 Å². The summed E-state index contributed by atoms with van der Waals surface area (Å²) < 4.78 is 0. The van der Waals surface area contributed by atoms with Crippen molar-refractivity contribution >= 4 is 47.2 Å². The van der Waals surface area contributed by atoms with Gasteiger partial charge in [-0.1, -0.05) is 18.9 Å². The highest BCUT2D eigenvalue weighted by atomic mass is 127. The Morgan fingerprint density at radius 1 is 1.25 bits per heavy atom. The Kier molecular flexibility index (Phi) is 9.01. The van der Waals surface area contributed by atoms with Crippen LogP contribution in [0.15, 0.2) is 22.5 Å². The number of thiophene rings is 1. The van der Waals surface area contributed by atoms with Crippen LogP contribution < -0.4 is 5.32 Å². The molecular formula is C20H34IN5OS. The number of piperazine rings is 1. The lowest BCUT2D eigenvalue weighted by atomic mass is 9.84. The second-order valence-electron chi connectivity index (χ2n) is 7.93. The van der Waals surface area contributed by atoms with Crippen molar-refractivity contribution in [1.82, 2.24) is 20.0 Å². The van der Waals surface area contributed by atoms with Crippen LogP contribution in [0.3, 0.4) is 0 Å². The first-order valence-electron chi connectivity index (χ1n) is 9.96. The van der Waals surface area contributed by atoms with Gasteiger partial charge in [0.2, 0.25) is 5.91 Å². The lowest BCUT2D eigenvalue weighted by Crippen LogP contribution is -2.54. The molecule has 0 atom stereocenters. The van der Waals surface area contributed by atoms with E-state index in [1.54, 1.807) is 4.90 Å². The van der Waals surface area contributed by atoms with Gasteiger partial charge in [-0.3, -0.25) is 14.7 Å². The molecule has 28 heavy (non-hydrogen) atoms. The monoisotopic (exact) mass is 519 g/mol. The Hall–Kier alpha value is -0.870. The number of hydrogen-bond acceptors (Lipinski definition) is 4. The van der Waals surface area contributed by atoms with Gasteiger partial charge in [-0.05, 0) is 24.3 Å². The molecular weight excluding hydrogens is 485 g/mol. The number of guanidine groups is 1. The van der Waals surface area contributed by atoms with Crippen LogP contribution in [0.5, 0.6) is 0 Å². The van der Waals surface area contributed by atoms with Gasteiger partial charge in [0.05, 0.1) is 5.41 Å². The van der Waals surface area contributed by atoms with Gasteiger partial charge in [-0.2, -0.15) is 0 Å². The third-order valence-corrected chi connectivity index (χ3v) is 6.71. The maximum Gasteiger partial charge on any atom is 0.230 e. The van der Waals surface area contributed by atoms with Crippen molar-refractivity contribution in [3.8, 4) is 0 Å². The van der Waals surface area contributed by atoms with E-state index in [4.69, 9.17) is 0 Å². The average Bonchev–Trinajstić information content (AvgIpc) is 3.35. The maximum atomic E-state index is 12.8. The van der Waals surface area contributed by atoms with E-state index >= 15 is 0 Å². The fourth-order valence-corrected chi connectivity index (χ4v) is 5.06. The van der Waals surface area contributed by atoms with Gasteiger partial charge in [0.25, 0.3) is 0 Å². The normalized spacial score (nSPS) is 20.0. The third-order valence-electron chi connectivity index (χ3n) is 5.85. The van der Waals surface area contributed by atoms with E-state index in [1.165, 1.54) is 4.88 Å². The molecule has 2 aliphatic rings. The Balaban J connectivity index is 0.00000280. The summed E-state index contributed by atoms with van der Waals surface area (Å²) in [5, 5.41) is 5.67. The maximum absolute atomic E-state index is 12.8. The van der Waals surface area contributed by atoms with Crippen molar-refractivity contribution in [3.05, 3.63) is 22.4 Å². The highest BCUT2D eigenvalue weighted by Crippen LogP contribution is 2.39. The zero-order valence-electron chi connectivity index (χ0n) is 17.3. The number of amides is 1. The largest absolute Gasteiger partial charge is 0.355 e. The first-order valence-corrected chi connectivity index (χ1v) is 10.8. The molecule has 1 amide bonds. The van der Waals surface area contributed by atoms with E-state index in [-0.39, 0.29) is 35.3 Å². The first kappa shape index (κ1) is 23.4. The van der Waals surface area contributed by atoms with Crippen LogP contribution >= 0.6 is 35.3 Å². The second kappa shape index (κ2) is 10.8. The molecule has 0 unspecified atom stereocenters. The molecule has 0 spiro atoms. The molecule has 1 aliphatic carbocycles. The lowest BCUT2D eigenvalue weighted by Gasteiger charge is -2.38. The quantitative estimate of drug-likeness (QED) is 0.370. The minimum absolute atomic E-state index is 0. The van der Waals surface area contributed by atoms with Crippen molar-refractivity contribution in [2.75, 3.05) is 53.9 Å². The number of carbonyl (C=O) groups is 1. The molecule has 1 aliphatic heterocycles. The molecule has 2 fully saturated rings. The Bertz CT molecular complexity index is 635. The fraction of sp³-hybridized carbons (Fsp3) is 0.700. The Morgan fingerprint density at radius 3 is 2.46 bits per heavy atom. The summed E-state index contributed by atoms with van der Waals surface area (Å²) in [4.78, 5) is 25.3. The van der Waals surface area contributed by atoms with Crippen LogP contribution in [0.2, 0.25) is 0 Å². The predicted molar refractivity (Wildman–Crippen MR) is 128 cm³/mol. The van der Waals surface area contributed by atoms with Crippen molar-refractivity contribution in [1.29, 1.82) is 0 Å². The lowest BCUT2D eigenvalue weighted by molar-refractivity contribution is -0.138. The molecule has 6 nitrogen and oxygen atoms in total. The summed E-state index contributed by atoms with van der Waals surface area (Å²) in [5.41, 5.74) is -0.263. The van der Waals surface area contributed by atoms with Crippen LogP contribution in [0.25, 0.3) is 0 Å². The number of halogens is 1. The van der Waals surface area contributed by atoms with Gasteiger partial charge in [0.1, 0.15) is 0 Å². The van der Waals surface area contributed by atoms with Gasteiger partial charge in [-0.25, -0.2) is 0 Å². The van der Waals surface area contributed by atoms with Crippen molar-refractivity contribution in [2.24, 2.45) is 10.4 Å². The van der Waals surface area contributed by atoms with Crippen molar-refractivity contribution in [2.45, 2.75) is 32.2 Å². The van der Waals surface area contributed by atoms with Crippen LogP contribution in [0.4, 0.5) is 0 Å². The molecule has 0 radical (unpaired) electrons. The highest BCUT2D eigenvalue weighted by molar-refractivity contribution is 14.0. The summed E-state index contributed by atoms with van der Waals surface area (Å²) in [7, 11) is 5.57. The van der Waals surface area contributed by atoms with E-state index in [2.05, 4.69) is 37.6 Å². The standard InChI is InChI=1S/C20H33N5OS.HI/c1-21-19(22-16-20(8-4-5-9-20)18(26)23(2)3)25-12-10-24(11-13-25)15-17-7-6-14-27-17;/h6-7,14H,4-5,8-13,15-16H2,1-3H3,(H,21,22);1H. The molecule has 0 bridgehead atoms. The van der Waals surface area contributed by atoms with E-state index in [1.807, 2.05) is 32.5 Å². The van der Waals surface area contributed by atoms with E-state index in [0.717, 1.165) is 64.4 Å². The summed E-state index contributed by atoms with van der Waals surface area (Å²) in [6, 6.07) is 4.33. The number of nitrogens with zero attached hydrogens (tertiary/aromatic N) is 4. The molecule has 8 heteroatoms. The first-order chi connectivity index (χ1) is 13.0. The molecule has 158 valence electrons. The number of nitrogens with one attached hydrogen (secondary N) is 1. The van der Waals surface area contributed by atoms with E-state index in [9.17, 15) is 4.79 Å². The summed E-state index contributed by atoms with van der Waals surface area (Å²) in [5.74, 6) is 1.19. The molecule has 1 saturated heterocycles. The number of rotatable bonds is 5. The van der Waals surface area contributed by atoms with Crippen LogP contribution in [0.1, 0.15) is 30.6 Å². The van der Waals surface area contributed by atoms with Gasteiger partial charge >= 0.3 is 0 Å². The molecule has 3 rings (SSSR count). The predicted octanol–water partition coefficient (Wildman–Crippen LogP) is 2.71. The van der Waals surface area contributed by atoms with E-state index < -0.39 is 0 Å². The highest BCUT2D eigenvalue weighted by Gasteiger charge is 2.42. The topological polar surface area (TPSA) is 51.2 Å². The minimum atomic E-state index is -0.263. The number of carbonyl (C=O) groups excluding carboxylic acids is 1. The number of aliphatic imine (C=N–C) groups is 1. The SMILES string of the molecule is CN=C(NCC1(C(=O)N(C)C)CCCC1)N1CCN(Cc2cccs2)CC1.I.